The fraction of sp³-hybridized carbons (Fsp3) is 0.438. The van der Waals surface area contributed by atoms with Gasteiger partial charge in [-0.25, -0.2) is 8.42 Å². The standard InChI is InChI=1S/C16H18F3N3O3S/c1-11-9-22(13(10-25-11)12-6-4-3-5-7-12)26(23,24)15-8-14(16(17,18)19)20-21(15)2/h3-8,11,13H,9-10H2,1-2H3. The molecular formula is C16H18F3N3O3S. The monoisotopic (exact) mass is 389 g/mol. The lowest BCUT2D eigenvalue weighted by molar-refractivity contribution is -0.141. The van der Waals surface area contributed by atoms with E-state index in [1.807, 2.05) is 0 Å². The van der Waals surface area contributed by atoms with Crippen molar-refractivity contribution in [3.63, 3.8) is 0 Å². The van der Waals surface area contributed by atoms with Gasteiger partial charge in [-0.05, 0) is 12.5 Å². The minimum atomic E-state index is -4.72. The molecule has 0 spiro atoms. The third-order valence-corrected chi connectivity index (χ3v) is 6.14. The van der Waals surface area contributed by atoms with Crippen molar-refractivity contribution in [2.45, 2.75) is 30.3 Å². The van der Waals surface area contributed by atoms with Crippen LogP contribution in [-0.2, 0) is 28.0 Å². The summed E-state index contributed by atoms with van der Waals surface area (Å²) in [6.07, 6.45) is -5.09. The Balaban J connectivity index is 2.04. The van der Waals surface area contributed by atoms with Crippen LogP contribution in [0.25, 0.3) is 0 Å². The lowest BCUT2D eigenvalue weighted by Gasteiger charge is -2.37. The molecule has 2 heterocycles. The van der Waals surface area contributed by atoms with Crippen molar-refractivity contribution < 1.29 is 26.3 Å². The summed E-state index contributed by atoms with van der Waals surface area (Å²) >= 11 is 0. The van der Waals surface area contributed by atoms with Crippen LogP contribution in [0.3, 0.4) is 0 Å². The molecule has 142 valence electrons. The molecule has 1 saturated heterocycles. The molecule has 0 radical (unpaired) electrons. The highest BCUT2D eigenvalue weighted by atomic mass is 32.2. The van der Waals surface area contributed by atoms with Gasteiger partial charge in [0.2, 0.25) is 0 Å². The van der Waals surface area contributed by atoms with Gasteiger partial charge in [0.1, 0.15) is 0 Å². The van der Waals surface area contributed by atoms with Crippen molar-refractivity contribution in [2.75, 3.05) is 13.2 Å². The van der Waals surface area contributed by atoms with Crippen LogP contribution in [0.2, 0.25) is 0 Å². The molecule has 0 saturated carbocycles. The van der Waals surface area contributed by atoms with E-state index in [0.29, 0.717) is 11.6 Å². The number of morpholine rings is 1. The molecule has 1 aliphatic rings. The lowest BCUT2D eigenvalue weighted by Crippen LogP contribution is -2.47. The van der Waals surface area contributed by atoms with Gasteiger partial charge in [0, 0.05) is 19.7 Å². The van der Waals surface area contributed by atoms with Crippen molar-refractivity contribution in [1.82, 2.24) is 14.1 Å². The Bertz CT molecular complexity index is 881. The highest BCUT2D eigenvalue weighted by molar-refractivity contribution is 7.89. The van der Waals surface area contributed by atoms with Gasteiger partial charge in [-0.3, -0.25) is 4.68 Å². The Morgan fingerprint density at radius 3 is 2.46 bits per heavy atom. The van der Waals surface area contributed by atoms with Crippen molar-refractivity contribution >= 4 is 10.0 Å². The van der Waals surface area contributed by atoms with Crippen LogP contribution in [0.15, 0.2) is 41.4 Å². The zero-order chi connectivity index (χ0) is 19.1. The Kier molecular flexibility index (Phi) is 4.84. The van der Waals surface area contributed by atoms with Gasteiger partial charge in [0.25, 0.3) is 10.0 Å². The molecule has 0 amide bonds. The molecule has 26 heavy (non-hydrogen) atoms. The number of aryl methyl sites for hydroxylation is 1. The summed E-state index contributed by atoms with van der Waals surface area (Å²) in [7, 11) is -3.02. The average Bonchev–Trinajstić information content (AvgIpc) is 2.98. The molecule has 1 fully saturated rings. The van der Waals surface area contributed by atoms with E-state index in [9.17, 15) is 21.6 Å². The number of halogens is 3. The van der Waals surface area contributed by atoms with Crippen LogP contribution in [0.1, 0.15) is 24.2 Å². The molecule has 2 aromatic rings. The van der Waals surface area contributed by atoms with Crippen LogP contribution < -0.4 is 0 Å². The predicted molar refractivity (Wildman–Crippen MR) is 86.7 cm³/mol. The van der Waals surface area contributed by atoms with E-state index in [1.165, 1.54) is 11.4 Å². The normalized spacial score (nSPS) is 22.5. The van der Waals surface area contributed by atoms with Crippen molar-refractivity contribution in [3.05, 3.63) is 47.7 Å². The van der Waals surface area contributed by atoms with Crippen LogP contribution >= 0.6 is 0 Å². The number of sulfonamides is 1. The molecule has 3 rings (SSSR count). The van der Waals surface area contributed by atoms with Gasteiger partial charge < -0.3 is 4.74 Å². The molecule has 0 bridgehead atoms. The largest absolute Gasteiger partial charge is 0.435 e. The Labute approximate surface area is 149 Å². The van der Waals surface area contributed by atoms with E-state index in [4.69, 9.17) is 4.74 Å². The number of benzene rings is 1. The summed E-state index contributed by atoms with van der Waals surface area (Å²) in [6.45, 7) is 1.87. The third-order valence-electron chi connectivity index (χ3n) is 4.21. The zero-order valence-corrected chi connectivity index (χ0v) is 15.0. The molecule has 1 aromatic heterocycles. The second-order valence-corrected chi connectivity index (χ2v) is 7.97. The number of hydrogen-bond acceptors (Lipinski definition) is 4. The van der Waals surface area contributed by atoms with Gasteiger partial charge >= 0.3 is 6.18 Å². The Morgan fingerprint density at radius 2 is 1.88 bits per heavy atom. The van der Waals surface area contributed by atoms with Gasteiger partial charge in [-0.1, -0.05) is 30.3 Å². The zero-order valence-electron chi connectivity index (χ0n) is 14.1. The molecule has 1 aliphatic heterocycles. The van der Waals surface area contributed by atoms with Gasteiger partial charge in [0.15, 0.2) is 10.7 Å². The van der Waals surface area contributed by atoms with Crippen LogP contribution in [0.4, 0.5) is 13.2 Å². The fourth-order valence-corrected chi connectivity index (χ4v) is 4.72. The Hall–Kier alpha value is -1.91. The first-order chi connectivity index (χ1) is 12.1. The third kappa shape index (κ3) is 3.49. The SMILES string of the molecule is CC1CN(S(=O)(=O)c2cc(C(F)(F)F)nn2C)C(c2ccccc2)CO1. The van der Waals surface area contributed by atoms with Crippen molar-refractivity contribution in [2.24, 2.45) is 7.05 Å². The summed E-state index contributed by atoms with van der Waals surface area (Å²) in [5.41, 5.74) is -0.530. The molecule has 2 unspecified atom stereocenters. The molecule has 10 heteroatoms. The second kappa shape index (κ2) is 6.67. The summed E-state index contributed by atoms with van der Waals surface area (Å²) in [6, 6.07) is 8.80. The van der Waals surface area contributed by atoms with E-state index in [1.54, 1.807) is 37.3 Å². The van der Waals surface area contributed by atoms with Gasteiger partial charge in [0.05, 0.1) is 18.8 Å². The van der Waals surface area contributed by atoms with Crippen LogP contribution in [0.5, 0.6) is 0 Å². The first-order valence-corrected chi connectivity index (χ1v) is 9.34. The van der Waals surface area contributed by atoms with E-state index in [2.05, 4.69) is 5.10 Å². The number of nitrogens with zero attached hydrogens (tertiary/aromatic N) is 3. The predicted octanol–water partition coefficient (Wildman–Crippen LogP) is 2.59. The maximum Gasteiger partial charge on any atom is 0.435 e. The van der Waals surface area contributed by atoms with E-state index in [0.717, 1.165) is 4.68 Å². The Morgan fingerprint density at radius 1 is 1.23 bits per heavy atom. The number of hydrogen-bond donors (Lipinski definition) is 0. The smallest absolute Gasteiger partial charge is 0.375 e. The molecule has 6 nitrogen and oxygen atoms in total. The van der Waals surface area contributed by atoms with E-state index >= 15 is 0 Å². The lowest BCUT2D eigenvalue weighted by atomic mass is 10.1. The van der Waals surface area contributed by atoms with Crippen molar-refractivity contribution in [3.8, 4) is 0 Å². The first kappa shape index (κ1) is 18.9. The maximum atomic E-state index is 13.1. The molecule has 0 aliphatic carbocycles. The summed E-state index contributed by atoms with van der Waals surface area (Å²) in [4.78, 5) is 0. The molecule has 2 atom stereocenters. The second-order valence-electron chi connectivity index (χ2n) is 6.13. The summed E-state index contributed by atoms with van der Waals surface area (Å²) in [5.74, 6) is 0. The summed E-state index contributed by atoms with van der Waals surface area (Å²) < 4.78 is 72.5. The van der Waals surface area contributed by atoms with Crippen LogP contribution in [-0.4, -0.2) is 41.8 Å². The maximum absolute atomic E-state index is 13.1. The average molecular weight is 389 g/mol. The van der Waals surface area contributed by atoms with Gasteiger partial charge in [-0.15, -0.1) is 0 Å². The highest BCUT2D eigenvalue weighted by Crippen LogP contribution is 2.34. The highest BCUT2D eigenvalue weighted by Gasteiger charge is 2.41. The minimum absolute atomic E-state index is 0.0361. The molecule has 1 aromatic carbocycles. The molecular weight excluding hydrogens is 371 g/mol. The van der Waals surface area contributed by atoms with E-state index < -0.39 is 33.0 Å². The summed E-state index contributed by atoms with van der Waals surface area (Å²) in [5, 5.41) is 2.81. The fourth-order valence-electron chi connectivity index (χ4n) is 2.93. The van der Waals surface area contributed by atoms with Crippen molar-refractivity contribution in [1.29, 1.82) is 0 Å². The molecule has 0 N–H and O–H groups in total. The quantitative estimate of drug-likeness (QED) is 0.810. The van der Waals surface area contributed by atoms with Crippen LogP contribution in [0, 0.1) is 0 Å². The van der Waals surface area contributed by atoms with Gasteiger partial charge in [-0.2, -0.15) is 22.6 Å². The number of rotatable bonds is 3. The first-order valence-electron chi connectivity index (χ1n) is 7.90. The minimum Gasteiger partial charge on any atom is -0.375 e. The number of ether oxygens (including phenoxy) is 1. The number of alkyl halides is 3. The van der Waals surface area contributed by atoms with E-state index in [-0.39, 0.29) is 19.3 Å². The number of aromatic nitrogens is 2. The topological polar surface area (TPSA) is 64.4 Å².